The SMILES string of the molecule is COc1ccccc1NC(=O)C1=C(C)Nc2nc(-c3ccccc3C)nn2C1c1ccc(OC)c(OC)c1. The second-order valence-electron chi connectivity index (χ2n) is 8.85. The highest BCUT2D eigenvalue weighted by atomic mass is 16.5. The summed E-state index contributed by atoms with van der Waals surface area (Å²) < 4.78 is 18.2. The first-order valence-electron chi connectivity index (χ1n) is 12.1. The Morgan fingerprint density at radius 2 is 1.61 bits per heavy atom. The Balaban J connectivity index is 1.65. The summed E-state index contributed by atoms with van der Waals surface area (Å²) in [4.78, 5) is 18.7. The number of methoxy groups -OCH3 is 3. The number of carbonyl (C=O) groups excluding carboxylic acids is 1. The van der Waals surface area contributed by atoms with Crippen LogP contribution in [0.2, 0.25) is 0 Å². The maximum Gasteiger partial charge on any atom is 0.255 e. The van der Waals surface area contributed by atoms with Crippen molar-refractivity contribution in [1.29, 1.82) is 0 Å². The Hall–Kier alpha value is -4.79. The van der Waals surface area contributed by atoms with Gasteiger partial charge in [-0.15, -0.1) is 5.10 Å². The maximum atomic E-state index is 13.9. The lowest BCUT2D eigenvalue weighted by Gasteiger charge is -2.29. The van der Waals surface area contributed by atoms with Crippen LogP contribution in [-0.4, -0.2) is 42.0 Å². The third-order valence-corrected chi connectivity index (χ3v) is 6.56. The predicted octanol–water partition coefficient (Wildman–Crippen LogP) is 5.21. The summed E-state index contributed by atoms with van der Waals surface area (Å²) in [6.07, 6.45) is 0. The van der Waals surface area contributed by atoms with Crippen molar-refractivity contribution in [3.8, 4) is 28.6 Å². The average Bonchev–Trinajstić information content (AvgIpc) is 3.35. The monoisotopic (exact) mass is 511 g/mol. The topological polar surface area (TPSA) is 99.5 Å². The highest BCUT2D eigenvalue weighted by molar-refractivity contribution is 6.06. The number of fused-ring (bicyclic) bond motifs is 1. The molecular weight excluding hydrogens is 482 g/mol. The normalized spacial score (nSPS) is 14.4. The van der Waals surface area contributed by atoms with Gasteiger partial charge >= 0.3 is 0 Å². The van der Waals surface area contributed by atoms with Crippen molar-refractivity contribution in [1.82, 2.24) is 14.8 Å². The summed E-state index contributed by atoms with van der Waals surface area (Å²) in [5.74, 6) is 2.51. The number of nitrogens with one attached hydrogen (secondary N) is 2. The summed E-state index contributed by atoms with van der Waals surface area (Å²) in [5, 5.41) is 11.2. The number of nitrogens with zero attached hydrogens (tertiary/aromatic N) is 3. The van der Waals surface area contributed by atoms with Crippen LogP contribution in [0, 0.1) is 6.92 Å². The lowest BCUT2D eigenvalue weighted by atomic mass is 9.94. The van der Waals surface area contributed by atoms with Crippen LogP contribution < -0.4 is 24.8 Å². The molecule has 9 heteroatoms. The van der Waals surface area contributed by atoms with Gasteiger partial charge in [0, 0.05) is 11.3 Å². The van der Waals surface area contributed by atoms with Gasteiger partial charge in [-0.05, 0) is 49.2 Å². The Morgan fingerprint density at radius 1 is 0.895 bits per heavy atom. The second kappa shape index (κ2) is 10.3. The number of hydrogen-bond acceptors (Lipinski definition) is 7. The Morgan fingerprint density at radius 3 is 2.34 bits per heavy atom. The Kier molecular flexibility index (Phi) is 6.74. The molecule has 9 nitrogen and oxygen atoms in total. The number of aryl methyl sites for hydroxylation is 1. The predicted molar refractivity (Wildman–Crippen MR) is 146 cm³/mol. The van der Waals surface area contributed by atoms with E-state index in [0.717, 1.165) is 16.7 Å². The van der Waals surface area contributed by atoms with Gasteiger partial charge in [-0.25, -0.2) is 4.68 Å². The van der Waals surface area contributed by atoms with Gasteiger partial charge < -0.3 is 24.8 Å². The minimum absolute atomic E-state index is 0.294. The number of allylic oxidation sites excluding steroid dienone is 1. The second-order valence-corrected chi connectivity index (χ2v) is 8.85. The molecule has 194 valence electrons. The maximum absolute atomic E-state index is 13.9. The molecule has 0 radical (unpaired) electrons. The third-order valence-electron chi connectivity index (χ3n) is 6.56. The van der Waals surface area contributed by atoms with Crippen molar-refractivity contribution < 1.29 is 19.0 Å². The summed E-state index contributed by atoms with van der Waals surface area (Å²) in [7, 11) is 4.73. The molecule has 0 saturated carbocycles. The number of ether oxygens (including phenoxy) is 3. The van der Waals surface area contributed by atoms with Gasteiger partial charge in [-0.3, -0.25) is 4.79 Å². The van der Waals surface area contributed by atoms with Crippen LogP contribution in [0.1, 0.15) is 24.1 Å². The number of anilines is 2. The molecule has 0 saturated heterocycles. The quantitative estimate of drug-likeness (QED) is 0.352. The van der Waals surface area contributed by atoms with Gasteiger partial charge in [0.15, 0.2) is 17.3 Å². The highest BCUT2D eigenvalue weighted by Gasteiger charge is 2.35. The minimum Gasteiger partial charge on any atom is -0.495 e. The van der Waals surface area contributed by atoms with Gasteiger partial charge in [-0.1, -0.05) is 42.5 Å². The van der Waals surface area contributed by atoms with E-state index in [4.69, 9.17) is 24.3 Å². The van der Waals surface area contributed by atoms with Crippen molar-refractivity contribution >= 4 is 17.5 Å². The standard InChI is InChI=1S/C29H29N5O4/c1-17-10-6-7-11-20(17)27-32-29-30-18(2)25(28(35)31-21-12-8-9-13-22(21)36-3)26(34(29)33-27)19-14-15-23(37-4)24(16-19)38-5/h6-16,26H,1-5H3,(H,31,35)(H,30,32,33). The summed E-state index contributed by atoms with van der Waals surface area (Å²) in [5.41, 5.74) is 4.47. The molecule has 4 aromatic rings. The number of rotatable bonds is 7. The van der Waals surface area contributed by atoms with Crippen molar-refractivity contribution in [3.05, 3.63) is 89.1 Å². The van der Waals surface area contributed by atoms with Crippen molar-refractivity contribution in [2.45, 2.75) is 19.9 Å². The Bertz CT molecular complexity index is 1540. The van der Waals surface area contributed by atoms with E-state index in [9.17, 15) is 4.79 Å². The first-order valence-corrected chi connectivity index (χ1v) is 12.1. The molecule has 3 aromatic carbocycles. The number of aromatic nitrogens is 3. The molecule has 5 rings (SSSR count). The van der Waals surface area contributed by atoms with Crippen LogP contribution in [0.4, 0.5) is 11.6 Å². The molecule has 1 amide bonds. The lowest BCUT2D eigenvalue weighted by molar-refractivity contribution is -0.113. The zero-order chi connectivity index (χ0) is 26.8. The van der Waals surface area contributed by atoms with Crippen LogP contribution in [0.3, 0.4) is 0 Å². The largest absolute Gasteiger partial charge is 0.495 e. The molecule has 1 atom stereocenters. The van der Waals surface area contributed by atoms with E-state index in [-0.39, 0.29) is 5.91 Å². The van der Waals surface area contributed by atoms with E-state index in [1.807, 2.05) is 68.4 Å². The molecule has 1 aromatic heterocycles. The Labute approximate surface area is 221 Å². The smallest absolute Gasteiger partial charge is 0.255 e. The van der Waals surface area contributed by atoms with Gasteiger partial charge in [0.05, 0.1) is 32.6 Å². The molecule has 1 unspecified atom stereocenters. The fraction of sp³-hybridized carbons (Fsp3) is 0.207. The number of para-hydroxylation sites is 2. The number of benzene rings is 3. The molecule has 0 aliphatic carbocycles. The van der Waals surface area contributed by atoms with Crippen LogP contribution in [-0.2, 0) is 4.79 Å². The molecule has 0 bridgehead atoms. The molecule has 1 aliphatic rings. The van der Waals surface area contributed by atoms with E-state index < -0.39 is 6.04 Å². The van der Waals surface area contributed by atoms with E-state index in [1.54, 1.807) is 38.1 Å². The molecule has 0 fully saturated rings. The van der Waals surface area contributed by atoms with Crippen LogP contribution in [0.5, 0.6) is 17.2 Å². The first kappa shape index (κ1) is 24.9. The third kappa shape index (κ3) is 4.43. The number of carbonyl (C=O) groups is 1. The molecule has 38 heavy (non-hydrogen) atoms. The van der Waals surface area contributed by atoms with Crippen molar-refractivity contribution in [2.24, 2.45) is 0 Å². The molecule has 2 N–H and O–H groups in total. The molecule has 0 spiro atoms. The average molecular weight is 512 g/mol. The van der Waals surface area contributed by atoms with Crippen molar-refractivity contribution in [3.63, 3.8) is 0 Å². The number of hydrogen-bond donors (Lipinski definition) is 2. The minimum atomic E-state index is -0.592. The summed E-state index contributed by atoms with van der Waals surface area (Å²) >= 11 is 0. The first-order chi connectivity index (χ1) is 18.4. The molecule has 2 heterocycles. The highest BCUT2D eigenvalue weighted by Crippen LogP contribution is 2.40. The van der Waals surface area contributed by atoms with Gasteiger partial charge in [0.2, 0.25) is 5.95 Å². The number of amides is 1. The van der Waals surface area contributed by atoms with E-state index in [2.05, 4.69) is 10.6 Å². The van der Waals surface area contributed by atoms with E-state index in [0.29, 0.717) is 46.0 Å². The summed E-state index contributed by atoms with van der Waals surface area (Å²) in [6.45, 7) is 3.88. The van der Waals surface area contributed by atoms with Crippen LogP contribution in [0.15, 0.2) is 78.0 Å². The zero-order valence-electron chi connectivity index (χ0n) is 21.9. The van der Waals surface area contributed by atoms with Gasteiger partial charge in [0.25, 0.3) is 5.91 Å². The van der Waals surface area contributed by atoms with Crippen LogP contribution >= 0.6 is 0 Å². The lowest BCUT2D eigenvalue weighted by Crippen LogP contribution is -2.31. The molecule has 1 aliphatic heterocycles. The van der Waals surface area contributed by atoms with Gasteiger partial charge in [-0.2, -0.15) is 4.98 Å². The fourth-order valence-corrected chi connectivity index (χ4v) is 4.65. The van der Waals surface area contributed by atoms with E-state index >= 15 is 0 Å². The summed E-state index contributed by atoms with van der Waals surface area (Å²) in [6, 6.07) is 20.2. The fourth-order valence-electron chi connectivity index (χ4n) is 4.65. The van der Waals surface area contributed by atoms with Crippen molar-refractivity contribution in [2.75, 3.05) is 32.0 Å². The van der Waals surface area contributed by atoms with Crippen LogP contribution in [0.25, 0.3) is 11.4 Å². The molecular formula is C29H29N5O4. The zero-order valence-corrected chi connectivity index (χ0v) is 21.9. The van der Waals surface area contributed by atoms with Gasteiger partial charge in [0.1, 0.15) is 11.8 Å². The van der Waals surface area contributed by atoms with E-state index in [1.165, 1.54) is 0 Å².